The predicted octanol–water partition coefficient (Wildman–Crippen LogP) is 3.77. The van der Waals surface area contributed by atoms with Crippen LogP contribution in [0.15, 0.2) is 18.2 Å². The Labute approximate surface area is 146 Å². The van der Waals surface area contributed by atoms with E-state index in [0.717, 1.165) is 30.4 Å². The van der Waals surface area contributed by atoms with Crippen molar-refractivity contribution in [2.75, 3.05) is 31.2 Å². The van der Waals surface area contributed by atoms with Crippen molar-refractivity contribution < 1.29 is 4.74 Å². The van der Waals surface area contributed by atoms with Gasteiger partial charge in [-0.15, -0.1) is 0 Å². The molecule has 0 radical (unpaired) electrons. The predicted molar refractivity (Wildman–Crippen MR) is 101 cm³/mol. The van der Waals surface area contributed by atoms with Crippen LogP contribution in [0.4, 0.5) is 11.4 Å². The van der Waals surface area contributed by atoms with E-state index in [4.69, 9.17) is 16.2 Å². The van der Waals surface area contributed by atoms with Crippen LogP contribution in [0.3, 0.4) is 0 Å². The third-order valence-electron chi connectivity index (χ3n) is 5.86. The highest BCUT2D eigenvalue weighted by molar-refractivity contribution is 5.68. The van der Waals surface area contributed by atoms with Gasteiger partial charge < -0.3 is 21.1 Å². The number of nitrogen functional groups attached to an aromatic ring is 2. The molecule has 0 spiro atoms. The number of ether oxygens (including phenoxy) is 1. The minimum atomic E-state index is 0.505. The zero-order valence-electron chi connectivity index (χ0n) is 15.0. The highest BCUT2D eigenvalue weighted by Crippen LogP contribution is 2.36. The van der Waals surface area contributed by atoms with Crippen LogP contribution in [-0.4, -0.2) is 36.7 Å². The standard InChI is InChI=1S/C20H33N3O/c1-2-14-24-17-8-6-16(7-9-17)23-12-10-15(11-13-23)18-4-3-5-19(21)20(18)22/h3-5,15-17H,2,6-14,21-22H2,1H3/t16-,17-. The number of para-hydroxylation sites is 1. The number of rotatable bonds is 5. The summed E-state index contributed by atoms with van der Waals surface area (Å²) in [4.78, 5) is 2.70. The van der Waals surface area contributed by atoms with E-state index in [1.54, 1.807) is 0 Å². The lowest BCUT2D eigenvalue weighted by molar-refractivity contribution is 0.00386. The van der Waals surface area contributed by atoms with Crippen molar-refractivity contribution in [2.45, 2.75) is 69.9 Å². The summed E-state index contributed by atoms with van der Waals surface area (Å²) in [5.41, 5.74) is 14.9. The topological polar surface area (TPSA) is 64.5 Å². The van der Waals surface area contributed by atoms with E-state index < -0.39 is 0 Å². The maximum atomic E-state index is 6.19. The van der Waals surface area contributed by atoms with E-state index >= 15 is 0 Å². The maximum Gasteiger partial charge on any atom is 0.0583 e. The molecule has 1 saturated carbocycles. The van der Waals surface area contributed by atoms with Crippen molar-refractivity contribution in [1.29, 1.82) is 0 Å². The Morgan fingerprint density at radius 1 is 1.04 bits per heavy atom. The van der Waals surface area contributed by atoms with Crippen molar-refractivity contribution in [1.82, 2.24) is 4.90 Å². The molecule has 24 heavy (non-hydrogen) atoms. The fourth-order valence-corrected chi connectivity index (χ4v) is 4.39. The molecule has 1 aliphatic heterocycles. The number of nitrogens with two attached hydrogens (primary N) is 2. The summed E-state index contributed by atoms with van der Waals surface area (Å²) >= 11 is 0. The molecule has 1 heterocycles. The number of anilines is 2. The molecule has 2 aliphatic rings. The number of benzene rings is 1. The Kier molecular flexibility index (Phi) is 6.01. The van der Waals surface area contributed by atoms with Gasteiger partial charge in [0.1, 0.15) is 0 Å². The second-order valence-corrected chi connectivity index (χ2v) is 7.46. The first-order valence-corrected chi connectivity index (χ1v) is 9.68. The summed E-state index contributed by atoms with van der Waals surface area (Å²) < 4.78 is 5.92. The number of likely N-dealkylation sites (tertiary alicyclic amines) is 1. The molecule has 134 valence electrons. The third-order valence-corrected chi connectivity index (χ3v) is 5.86. The number of hydrogen-bond acceptors (Lipinski definition) is 4. The van der Waals surface area contributed by atoms with Gasteiger partial charge in [-0.25, -0.2) is 0 Å². The molecule has 0 unspecified atom stereocenters. The van der Waals surface area contributed by atoms with Crippen LogP contribution in [0.5, 0.6) is 0 Å². The Bertz CT molecular complexity index is 518. The Hall–Kier alpha value is -1.26. The first-order valence-electron chi connectivity index (χ1n) is 9.68. The molecule has 4 nitrogen and oxygen atoms in total. The Morgan fingerprint density at radius 3 is 2.42 bits per heavy atom. The van der Waals surface area contributed by atoms with Crippen LogP contribution in [0, 0.1) is 0 Å². The summed E-state index contributed by atoms with van der Waals surface area (Å²) in [6.07, 6.45) is 9.06. The molecule has 1 aromatic rings. The normalized spacial score (nSPS) is 26.5. The maximum absolute atomic E-state index is 6.19. The van der Waals surface area contributed by atoms with Crippen LogP contribution < -0.4 is 11.5 Å². The van der Waals surface area contributed by atoms with Crippen LogP contribution in [-0.2, 0) is 4.74 Å². The molecule has 1 saturated heterocycles. The van der Waals surface area contributed by atoms with Gasteiger partial charge in [0.25, 0.3) is 0 Å². The lowest BCUT2D eigenvalue weighted by Gasteiger charge is -2.41. The molecule has 3 rings (SSSR count). The number of nitrogens with zero attached hydrogens (tertiary/aromatic N) is 1. The molecule has 4 N–H and O–H groups in total. The monoisotopic (exact) mass is 331 g/mol. The summed E-state index contributed by atoms with van der Waals surface area (Å²) in [6, 6.07) is 6.84. The zero-order valence-corrected chi connectivity index (χ0v) is 15.0. The smallest absolute Gasteiger partial charge is 0.0583 e. The van der Waals surface area contributed by atoms with E-state index in [9.17, 15) is 0 Å². The van der Waals surface area contributed by atoms with Crippen molar-refractivity contribution in [2.24, 2.45) is 0 Å². The molecule has 0 bridgehead atoms. The quantitative estimate of drug-likeness (QED) is 0.806. The lowest BCUT2D eigenvalue weighted by Crippen LogP contribution is -2.43. The average Bonchev–Trinajstić information content (AvgIpc) is 2.63. The largest absolute Gasteiger partial charge is 0.397 e. The van der Waals surface area contributed by atoms with E-state index in [1.807, 2.05) is 12.1 Å². The van der Waals surface area contributed by atoms with Gasteiger partial charge in [-0.05, 0) is 75.6 Å². The van der Waals surface area contributed by atoms with E-state index in [-0.39, 0.29) is 0 Å². The first kappa shape index (κ1) is 17.6. The lowest BCUT2D eigenvalue weighted by atomic mass is 9.85. The van der Waals surface area contributed by atoms with Crippen LogP contribution >= 0.6 is 0 Å². The minimum Gasteiger partial charge on any atom is -0.397 e. The second-order valence-electron chi connectivity index (χ2n) is 7.46. The van der Waals surface area contributed by atoms with Crippen LogP contribution in [0.1, 0.15) is 63.4 Å². The molecular formula is C20H33N3O. The summed E-state index contributed by atoms with van der Waals surface area (Å²) in [6.45, 7) is 5.47. The van der Waals surface area contributed by atoms with E-state index in [2.05, 4.69) is 17.9 Å². The molecule has 0 amide bonds. The Balaban J connectivity index is 1.48. The molecular weight excluding hydrogens is 298 g/mol. The van der Waals surface area contributed by atoms with Gasteiger partial charge >= 0.3 is 0 Å². The van der Waals surface area contributed by atoms with Crippen LogP contribution in [0.2, 0.25) is 0 Å². The molecule has 1 aromatic carbocycles. The second kappa shape index (κ2) is 8.21. The number of hydrogen-bond donors (Lipinski definition) is 2. The van der Waals surface area contributed by atoms with Crippen molar-refractivity contribution in [3.63, 3.8) is 0 Å². The van der Waals surface area contributed by atoms with Gasteiger partial charge in [-0.1, -0.05) is 19.1 Å². The van der Waals surface area contributed by atoms with Crippen LogP contribution in [0.25, 0.3) is 0 Å². The summed E-state index contributed by atoms with van der Waals surface area (Å²) in [7, 11) is 0. The molecule has 0 atom stereocenters. The molecule has 1 aliphatic carbocycles. The SMILES string of the molecule is CCCO[C@H]1CC[C@H](N2CCC(c3cccc(N)c3N)CC2)CC1. The third kappa shape index (κ3) is 4.04. The zero-order chi connectivity index (χ0) is 16.9. The molecule has 0 aromatic heterocycles. The molecule has 4 heteroatoms. The van der Waals surface area contributed by atoms with E-state index in [1.165, 1.54) is 57.2 Å². The highest BCUT2D eigenvalue weighted by atomic mass is 16.5. The first-order chi connectivity index (χ1) is 11.7. The van der Waals surface area contributed by atoms with Crippen molar-refractivity contribution in [3.8, 4) is 0 Å². The van der Waals surface area contributed by atoms with Gasteiger partial charge in [0, 0.05) is 12.6 Å². The van der Waals surface area contributed by atoms with Crippen molar-refractivity contribution >= 4 is 11.4 Å². The average molecular weight is 332 g/mol. The van der Waals surface area contributed by atoms with Gasteiger partial charge in [-0.2, -0.15) is 0 Å². The van der Waals surface area contributed by atoms with E-state index in [0.29, 0.717) is 12.0 Å². The summed E-state index contributed by atoms with van der Waals surface area (Å²) in [5, 5.41) is 0. The summed E-state index contributed by atoms with van der Waals surface area (Å²) in [5.74, 6) is 0.564. The fraction of sp³-hybridized carbons (Fsp3) is 0.700. The van der Waals surface area contributed by atoms with Gasteiger partial charge in [0.2, 0.25) is 0 Å². The van der Waals surface area contributed by atoms with Gasteiger partial charge in [0.05, 0.1) is 17.5 Å². The molecule has 2 fully saturated rings. The Morgan fingerprint density at radius 2 is 1.75 bits per heavy atom. The van der Waals surface area contributed by atoms with Gasteiger partial charge in [0.15, 0.2) is 0 Å². The highest BCUT2D eigenvalue weighted by Gasteiger charge is 2.30. The number of piperidine rings is 1. The van der Waals surface area contributed by atoms with Crippen molar-refractivity contribution in [3.05, 3.63) is 23.8 Å². The van der Waals surface area contributed by atoms with Gasteiger partial charge in [-0.3, -0.25) is 0 Å². The minimum absolute atomic E-state index is 0.505. The fourth-order valence-electron chi connectivity index (χ4n) is 4.39.